The van der Waals surface area contributed by atoms with E-state index < -0.39 is 5.63 Å². The lowest BCUT2D eigenvalue weighted by Gasteiger charge is -2.12. The molecule has 7 heteroatoms. The second-order valence-electron chi connectivity index (χ2n) is 7.49. The van der Waals surface area contributed by atoms with Crippen molar-refractivity contribution in [1.82, 2.24) is 0 Å². The van der Waals surface area contributed by atoms with Crippen LogP contribution in [0, 0.1) is 20.8 Å². The zero-order valence-corrected chi connectivity index (χ0v) is 18.0. The Morgan fingerprint density at radius 3 is 2.26 bits per heavy atom. The van der Waals surface area contributed by atoms with Crippen molar-refractivity contribution in [2.75, 3.05) is 19.5 Å². The number of methoxy groups -OCH3 is 2. The van der Waals surface area contributed by atoms with Crippen molar-refractivity contribution in [3.63, 3.8) is 0 Å². The van der Waals surface area contributed by atoms with Gasteiger partial charge >= 0.3 is 5.63 Å². The summed E-state index contributed by atoms with van der Waals surface area (Å²) < 4.78 is 21.7. The highest BCUT2D eigenvalue weighted by atomic mass is 16.5. The molecule has 0 spiro atoms. The first-order valence-electron chi connectivity index (χ1n) is 9.79. The molecule has 0 aliphatic carbocycles. The number of carbonyl (C=O) groups is 1. The Balaban J connectivity index is 1.71. The quantitative estimate of drug-likeness (QED) is 0.471. The highest BCUT2D eigenvalue weighted by molar-refractivity contribution is 6.00. The minimum Gasteiger partial charge on any atom is -0.497 e. The lowest BCUT2D eigenvalue weighted by Crippen LogP contribution is -2.20. The predicted molar refractivity (Wildman–Crippen MR) is 118 cm³/mol. The van der Waals surface area contributed by atoms with Crippen LogP contribution in [-0.2, 0) is 11.2 Å². The number of hydrogen-bond acceptors (Lipinski definition) is 6. The van der Waals surface area contributed by atoms with E-state index in [4.69, 9.17) is 18.3 Å². The van der Waals surface area contributed by atoms with Crippen molar-refractivity contribution in [1.29, 1.82) is 0 Å². The van der Waals surface area contributed by atoms with Crippen molar-refractivity contribution >= 4 is 33.5 Å². The Labute approximate surface area is 178 Å². The zero-order chi connectivity index (χ0) is 22.3. The van der Waals surface area contributed by atoms with Crippen LogP contribution in [0.25, 0.3) is 21.9 Å². The summed E-state index contributed by atoms with van der Waals surface area (Å²) in [7, 11) is 3.06. The molecule has 160 valence electrons. The molecule has 4 aromatic rings. The Kier molecular flexibility index (Phi) is 5.19. The van der Waals surface area contributed by atoms with Gasteiger partial charge in [0.15, 0.2) is 0 Å². The van der Waals surface area contributed by atoms with Crippen LogP contribution in [0.5, 0.6) is 11.5 Å². The third kappa shape index (κ3) is 3.63. The van der Waals surface area contributed by atoms with Crippen LogP contribution in [0.15, 0.2) is 44.2 Å². The average molecular weight is 421 g/mol. The minimum atomic E-state index is -0.533. The molecule has 1 N–H and O–H groups in total. The highest BCUT2D eigenvalue weighted by Crippen LogP contribution is 2.33. The zero-order valence-electron chi connectivity index (χ0n) is 18.0. The number of fused-ring (bicyclic) bond motifs is 2. The van der Waals surface area contributed by atoms with Gasteiger partial charge in [-0.1, -0.05) is 0 Å². The van der Waals surface area contributed by atoms with E-state index >= 15 is 0 Å². The molecule has 31 heavy (non-hydrogen) atoms. The summed E-state index contributed by atoms with van der Waals surface area (Å²) in [6.07, 6.45) is 1.56. The molecule has 0 aliphatic rings. The van der Waals surface area contributed by atoms with Crippen LogP contribution in [0.4, 0.5) is 5.69 Å². The Morgan fingerprint density at radius 2 is 1.61 bits per heavy atom. The SMILES string of the molecule is COc1cc(NC(=O)Cc2c(C)c3cc4c(C)coc4c(C)c3oc2=O)cc(OC)c1. The molecule has 2 heterocycles. The third-order valence-electron chi connectivity index (χ3n) is 5.51. The smallest absolute Gasteiger partial charge is 0.340 e. The van der Waals surface area contributed by atoms with Crippen molar-refractivity contribution in [2.24, 2.45) is 0 Å². The van der Waals surface area contributed by atoms with Gasteiger partial charge in [0, 0.05) is 40.2 Å². The number of carbonyl (C=O) groups excluding carboxylic acids is 1. The van der Waals surface area contributed by atoms with Gasteiger partial charge in [-0.15, -0.1) is 0 Å². The molecule has 2 aromatic heterocycles. The van der Waals surface area contributed by atoms with Gasteiger partial charge in [-0.05, 0) is 38.0 Å². The van der Waals surface area contributed by atoms with Crippen LogP contribution in [0.3, 0.4) is 0 Å². The average Bonchev–Trinajstić information content (AvgIpc) is 3.12. The first-order chi connectivity index (χ1) is 14.8. The van der Waals surface area contributed by atoms with Crippen LogP contribution in [-0.4, -0.2) is 20.1 Å². The fourth-order valence-corrected chi connectivity index (χ4v) is 3.77. The lowest BCUT2D eigenvalue weighted by molar-refractivity contribution is -0.115. The molecule has 0 unspecified atom stereocenters. The monoisotopic (exact) mass is 421 g/mol. The number of benzene rings is 2. The molecular weight excluding hydrogens is 398 g/mol. The Bertz CT molecular complexity index is 1360. The fourth-order valence-electron chi connectivity index (χ4n) is 3.77. The van der Waals surface area contributed by atoms with Crippen LogP contribution >= 0.6 is 0 Å². The number of nitrogens with one attached hydrogen (secondary N) is 1. The number of aryl methyl sites for hydroxylation is 3. The lowest BCUT2D eigenvalue weighted by atomic mass is 9.99. The van der Waals surface area contributed by atoms with Gasteiger partial charge in [-0.2, -0.15) is 0 Å². The van der Waals surface area contributed by atoms with E-state index in [1.165, 1.54) is 14.2 Å². The molecule has 0 aliphatic heterocycles. The van der Waals surface area contributed by atoms with Gasteiger partial charge in [-0.25, -0.2) is 4.79 Å². The predicted octanol–water partition coefficient (Wildman–Crippen LogP) is 4.66. The minimum absolute atomic E-state index is 0.120. The van der Waals surface area contributed by atoms with E-state index in [2.05, 4.69) is 5.32 Å². The van der Waals surface area contributed by atoms with E-state index in [0.29, 0.717) is 33.9 Å². The fraction of sp³-hybridized carbons (Fsp3) is 0.250. The van der Waals surface area contributed by atoms with Crippen LogP contribution in [0.2, 0.25) is 0 Å². The topological polar surface area (TPSA) is 90.9 Å². The van der Waals surface area contributed by atoms with Crippen LogP contribution < -0.4 is 20.4 Å². The van der Waals surface area contributed by atoms with Gasteiger partial charge in [0.1, 0.15) is 22.7 Å². The molecule has 0 saturated heterocycles. The maximum atomic E-state index is 12.7. The number of rotatable bonds is 5. The molecule has 2 aromatic carbocycles. The number of ether oxygens (including phenoxy) is 2. The summed E-state index contributed by atoms with van der Waals surface area (Å²) in [6, 6.07) is 7.01. The van der Waals surface area contributed by atoms with E-state index in [0.717, 1.165) is 27.5 Å². The highest BCUT2D eigenvalue weighted by Gasteiger charge is 2.19. The number of furan rings is 1. The van der Waals surface area contributed by atoms with Crippen molar-refractivity contribution in [2.45, 2.75) is 27.2 Å². The molecule has 1 amide bonds. The normalized spacial score (nSPS) is 11.1. The van der Waals surface area contributed by atoms with Crippen LogP contribution in [0.1, 0.15) is 22.3 Å². The molecular formula is C24H23NO6. The summed E-state index contributed by atoms with van der Waals surface area (Å²) >= 11 is 0. The van der Waals surface area contributed by atoms with Gasteiger partial charge in [0.25, 0.3) is 0 Å². The number of anilines is 1. The molecule has 4 rings (SSSR count). The summed E-state index contributed by atoms with van der Waals surface area (Å²) in [4.78, 5) is 25.4. The number of amides is 1. The van der Waals surface area contributed by atoms with E-state index in [1.54, 1.807) is 24.5 Å². The third-order valence-corrected chi connectivity index (χ3v) is 5.51. The Hall–Kier alpha value is -3.74. The van der Waals surface area contributed by atoms with E-state index in [9.17, 15) is 9.59 Å². The summed E-state index contributed by atoms with van der Waals surface area (Å²) in [5.74, 6) is 0.749. The second kappa shape index (κ2) is 7.83. The van der Waals surface area contributed by atoms with Gasteiger partial charge in [0.05, 0.1) is 32.5 Å². The van der Waals surface area contributed by atoms with E-state index in [1.807, 2.05) is 26.8 Å². The Morgan fingerprint density at radius 1 is 0.935 bits per heavy atom. The molecule has 0 fully saturated rings. The van der Waals surface area contributed by atoms with Gasteiger partial charge < -0.3 is 23.6 Å². The summed E-state index contributed by atoms with van der Waals surface area (Å²) in [5, 5.41) is 4.54. The van der Waals surface area contributed by atoms with Crippen molar-refractivity contribution in [3.05, 3.63) is 63.2 Å². The standard InChI is InChI=1S/C24H23NO6/c1-12-11-30-22-14(3)23-19(9-18(12)22)13(2)20(24(27)31-23)10-21(26)25-15-6-16(28-4)8-17(7-15)29-5/h6-9,11H,10H2,1-5H3,(H,25,26). The molecule has 0 saturated carbocycles. The second-order valence-corrected chi connectivity index (χ2v) is 7.49. The largest absolute Gasteiger partial charge is 0.497 e. The maximum Gasteiger partial charge on any atom is 0.340 e. The summed E-state index contributed by atoms with van der Waals surface area (Å²) in [5.41, 5.74) is 3.95. The molecule has 0 bridgehead atoms. The summed E-state index contributed by atoms with van der Waals surface area (Å²) in [6.45, 7) is 5.65. The van der Waals surface area contributed by atoms with Gasteiger partial charge in [-0.3, -0.25) is 4.79 Å². The van der Waals surface area contributed by atoms with Gasteiger partial charge in [0.2, 0.25) is 5.91 Å². The van der Waals surface area contributed by atoms with Crippen molar-refractivity contribution in [3.8, 4) is 11.5 Å². The molecule has 0 radical (unpaired) electrons. The van der Waals surface area contributed by atoms with E-state index in [-0.39, 0.29) is 12.3 Å². The first-order valence-corrected chi connectivity index (χ1v) is 9.79. The molecule has 7 nitrogen and oxygen atoms in total. The maximum absolute atomic E-state index is 12.7. The number of hydrogen-bond donors (Lipinski definition) is 1. The first kappa shape index (κ1) is 20.5. The molecule has 0 atom stereocenters. The van der Waals surface area contributed by atoms with Crippen molar-refractivity contribution < 1.29 is 23.1 Å².